The summed E-state index contributed by atoms with van der Waals surface area (Å²) in [5.41, 5.74) is 5.79. The minimum Gasteiger partial charge on any atom is -0.445 e. The number of amides is 9. The van der Waals surface area contributed by atoms with E-state index >= 15 is 4.39 Å². The number of anilines is 1. The van der Waals surface area contributed by atoms with E-state index in [0.717, 1.165) is 35.0 Å². The number of carbonyl (C=O) groups excluding carboxylic acids is 7. The van der Waals surface area contributed by atoms with Crippen LogP contribution in [0.3, 0.4) is 0 Å². The summed E-state index contributed by atoms with van der Waals surface area (Å²) in [7, 11) is 2.69. The Hall–Kier alpha value is -7.13. The number of hydrazone groups is 1. The number of nitrogens with zero attached hydrogens (tertiary/aromatic N) is 3. The number of nitrogens with one attached hydrogen (secondary N) is 6. The average Bonchev–Trinajstić information content (AvgIpc) is 4.08. The predicted molar refractivity (Wildman–Crippen MR) is 303 cm³/mol. The molecular formula is C56H80F2N10O13S. The number of aliphatic hydroxyl groups is 1. The Kier molecular flexibility index (Phi) is 26.2. The molecule has 0 aromatic heterocycles. The van der Waals surface area contributed by atoms with Gasteiger partial charge in [-0.3, -0.25) is 19.2 Å². The molecule has 0 bridgehead atoms. The topological polar surface area (TPSA) is 303 Å². The number of primary amides is 1. The number of nitrogens with two attached hydrogens (primary N) is 1. The molecule has 0 radical (unpaired) electrons. The molecule has 3 aromatic rings. The molecule has 9 N–H and O–H groups in total. The zero-order valence-corrected chi connectivity index (χ0v) is 49.0. The highest BCUT2D eigenvalue weighted by molar-refractivity contribution is 8.15. The van der Waals surface area contributed by atoms with Crippen molar-refractivity contribution in [3.8, 4) is 0 Å². The molecule has 5 atom stereocenters. The normalized spacial score (nSPS) is 15.7. The number of hydrogen-bond donors (Lipinski definition) is 8. The van der Waals surface area contributed by atoms with Gasteiger partial charge in [0.2, 0.25) is 17.7 Å². The van der Waals surface area contributed by atoms with Gasteiger partial charge in [-0.25, -0.2) is 33.0 Å². The van der Waals surface area contributed by atoms with E-state index in [1.165, 1.54) is 19.2 Å². The molecule has 0 aliphatic carbocycles. The van der Waals surface area contributed by atoms with Crippen molar-refractivity contribution >= 4 is 64.5 Å². The van der Waals surface area contributed by atoms with Crippen molar-refractivity contribution in [1.29, 1.82) is 0 Å². The summed E-state index contributed by atoms with van der Waals surface area (Å²) in [5, 5.41) is 32.4. The first kappa shape index (κ1) is 67.4. The fourth-order valence-corrected chi connectivity index (χ4v) is 9.65. The molecule has 0 spiro atoms. The molecule has 0 saturated carbocycles. The molecule has 1 heterocycles. The zero-order valence-electron chi connectivity index (χ0n) is 48.2. The van der Waals surface area contributed by atoms with Crippen LogP contribution in [-0.4, -0.2) is 139 Å². The highest BCUT2D eigenvalue weighted by atomic mass is 32.2. The lowest BCUT2D eigenvalue weighted by atomic mass is 9.89. The molecule has 1 aliphatic heterocycles. The first-order valence-corrected chi connectivity index (χ1v) is 27.6. The fourth-order valence-electron chi connectivity index (χ4n) is 8.24. The molecule has 0 fully saturated rings. The van der Waals surface area contributed by atoms with Crippen LogP contribution in [-0.2, 0) is 49.6 Å². The van der Waals surface area contributed by atoms with Gasteiger partial charge in [-0.2, -0.15) is 10.1 Å². The Morgan fingerprint density at radius 2 is 1.50 bits per heavy atom. The van der Waals surface area contributed by atoms with Crippen LogP contribution < -0.4 is 37.6 Å². The van der Waals surface area contributed by atoms with E-state index in [9.17, 15) is 43.1 Å². The average molecular weight is 1170 g/mol. The standard InChI is InChI=1S/C56H80F2N10O13S/c1-35(2)46(65-44(70)25-29-62-52(75)79-34-45(81-55(6,7)8)80-40(32-69)31-54(3,4)5)48(72)64-43(18-14-27-60-50(59)73)47(71)63-39-22-19-36(20-23-39)33-78-51(74)61-28-15-26-56(37-16-12-11-13-17-37)68(53(76)67(9)77-10)66-49(82-56)41-30-38(57)21-24-42(41)58/h11-13,16-17,19-24,30,35,40,43,45-46,69H,14-15,18,25-29,31-34H2,1-10H3,(H,61,74)(H,62,75)(H,63,71)(H,64,72)(H,65,70)(H3,59,60,73)/t40?,43-,45?,46-,56-/m0/s1. The number of hydroxylamine groups is 2. The number of carbonyl (C=O) groups is 7. The lowest BCUT2D eigenvalue weighted by molar-refractivity contribution is -0.236. The van der Waals surface area contributed by atoms with Crippen molar-refractivity contribution < 1.29 is 71.2 Å². The molecular weight excluding hydrogens is 1090 g/mol. The van der Waals surface area contributed by atoms with Crippen LogP contribution in [0.2, 0.25) is 0 Å². The van der Waals surface area contributed by atoms with Gasteiger partial charge in [0.15, 0.2) is 6.29 Å². The Morgan fingerprint density at radius 1 is 0.841 bits per heavy atom. The molecule has 23 nitrogen and oxygen atoms in total. The maximum Gasteiger partial charge on any atom is 0.407 e. The first-order chi connectivity index (χ1) is 38.6. The zero-order chi connectivity index (χ0) is 60.8. The van der Waals surface area contributed by atoms with Crippen molar-refractivity contribution in [2.45, 2.75) is 135 Å². The quantitative estimate of drug-likeness (QED) is 0.0199. The number of aliphatic hydroxyl groups excluding tert-OH is 1. The van der Waals surface area contributed by atoms with Crippen molar-refractivity contribution in [3.63, 3.8) is 0 Å². The highest BCUT2D eigenvalue weighted by Gasteiger charge is 2.50. The van der Waals surface area contributed by atoms with Crippen LogP contribution in [0.15, 0.2) is 77.9 Å². The van der Waals surface area contributed by atoms with Crippen molar-refractivity contribution in [2.75, 3.05) is 52.3 Å². The third-order valence-electron chi connectivity index (χ3n) is 12.2. The molecule has 9 amide bonds. The smallest absolute Gasteiger partial charge is 0.407 e. The van der Waals surface area contributed by atoms with Crippen molar-refractivity contribution in [3.05, 3.63) is 101 Å². The van der Waals surface area contributed by atoms with Crippen LogP contribution in [0.1, 0.15) is 111 Å². The lowest BCUT2D eigenvalue weighted by Gasteiger charge is -2.37. The second kappa shape index (κ2) is 31.9. The molecule has 82 heavy (non-hydrogen) atoms. The second-order valence-electron chi connectivity index (χ2n) is 21.8. The molecule has 1 aliphatic rings. The van der Waals surface area contributed by atoms with Crippen LogP contribution in [0.4, 0.5) is 33.6 Å². The number of rotatable bonds is 29. The van der Waals surface area contributed by atoms with E-state index in [4.69, 9.17) is 29.5 Å². The first-order valence-electron chi connectivity index (χ1n) is 26.8. The van der Waals surface area contributed by atoms with Crippen molar-refractivity contribution in [1.82, 2.24) is 36.7 Å². The minimum absolute atomic E-state index is 0.0605. The lowest BCUT2D eigenvalue weighted by Crippen LogP contribution is -2.54. The molecule has 3 aromatic carbocycles. The maximum absolute atomic E-state index is 15.1. The van der Waals surface area contributed by atoms with Gasteiger partial charge in [-0.15, -0.1) is 0 Å². The third-order valence-corrected chi connectivity index (χ3v) is 13.6. The van der Waals surface area contributed by atoms with Crippen LogP contribution in [0.25, 0.3) is 0 Å². The van der Waals surface area contributed by atoms with Gasteiger partial charge in [0.25, 0.3) is 0 Å². The summed E-state index contributed by atoms with van der Waals surface area (Å²) in [6.07, 6.45) is -2.12. The van der Waals surface area contributed by atoms with Gasteiger partial charge in [-0.1, -0.05) is 88.8 Å². The number of urea groups is 2. The van der Waals surface area contributed by atoms with Crippen LogP contribution >= 0.6 is 11.8 Å². The van der Waals surface area contributed by atoms with Gasteiger partial charge in [0, 0.05) is 44.4 Å². The number of benzene rings is 3. The maximum atomic E-state index is 15.1. The monoisotopic (exact) mass is 1170 g/mol. The molecule has 2 unspecified atom stereocenters. The van der Waals surface area contributed by atoms with Crippen LogP contribution in [0.5, 0.6) is 0 Å². The van der Waals surface area contributed by atoms with E-state index in [2.05, 4.69) is 37.0 Å². The SMILES string of the molecule is CON(C)C(=O)N1N=C(c2cc(F)ccc2F)S[C@@]1(CCCNC(=O)OCc1ccc(NC(=O)[C@H](CCCNC(N)=O)NC(=O)[C@@H](NC(=O)CCNC(=O)OCC(OC(CO)CC(C)(C)C)OC(C)(C)C)C(C)C)cc1)c1ccccc1. The summed E-state index contributed by atoms with van der Waals surface area (Å²) >= 11 is 1.07. The molecule has 26 heteroatoms. The largest absolute Gasteiger partial charge is 0.445 e. The Bertz CT molecular complexity index is 2640. The Labute approximate surface area is 481 Å². The third kappa shape index (κ3) is 22.3. The number of ether oxygens (including phenoxy) is 4. The van der Waals surface area contributed by atoms with E-state index in [1.807, 2.05) is 41.5 Å². The van der Waals surface area contributed by atoms with Gasteiger partial charge in [0.1, 0.15) is 46.8 Å². The van der Waals surface area contributed by atoms with E-state index in [0.29, 0.717) is 23.2 Å². The number of thioether (sulfide) groups is 1. The minimum atomic E-state index is -1.27. The van der Waals surface area contributed by atoms with E-state index < -0.39 is 94.5 Å². The number of hydrogen-bond acceptors (Lipinski definition) is 15. The van der Waals surface area contributed by atoms with Gasteiger partial charge in [-0.05, 0) is 106 Å². The summed E-state index contributed by atoms with van der Waals surface area (Å²) in [5.74, 6) is -3.72. The predicted octanol–water partition coefficient (Wildman–Crippen LogP) is 6.93. The van der Waals surface area contributed by atoms with Crippen molar-refractivity contribution in [2.24, 2.45) is 22.2 Å². The van der Waals surface area contributed by atoms with Crippen LogP contribution in [0, 0.1) is 23.0 Å². The van der Waals surface area contributed by atoms with Gasteiger partial charge >= 0.3 is 24.2 Å². The summed E-state index contributed by atoms with van der Waals surface area (Å²) < 4.78 is 52.1. The Balaban J connectivity index is 1.31. The Morgan fingerprint density at radius 3 is 2.12 bits per heavy atom. The van der Waals surface area contributed by atoms with Gasteiger partial charge < -0.3 is 61.7 Å². The number of halogens is 2. The number of alkyl carbamates (subject to hydrolysis) is 2. The van der Waals surface area contributed by atoms with E-state index in [1.54, 1.807) is 68.4 Å². The summed E-state index contributed by atoms with van der Waals surface area (Å²) in [6.45, 7) is 14.1. The van der Waals surface area contributed by atoms with Gasteiger partial charge in [0.05, 0.1) is 25.4 Å². The van der Waals surface area contributed by atoms with E-state index in [-0.39, 0.29) is 87.6 Å². The molecule has 0 saturated heterocycles. The molecule has 452 valence electrons. The summed E-state index contributed by atoms with van der Waals surface area (Å²) in [4.78, 5) is 95.2. The second-order valence-corrected chi connectivity index (χ2v) is 23.0. The highest BCUT2D eigenvalue weighted by Crippen LogP contribution is 2.51. The molecule has 4 rings (SSSR count). The summed E-state index contributed by atoms with van der Waals surface area (Å²) in [6, 6.07) is 14.5. The fraction of sp³-hybridized carbons (Fsp3) is 0.536.